The monoisotopic (exact) mass is 389 g/mol. The highest BCUT2D eigenvalue weighted by Crippen LogP contribution is 2.41. The van der Waals surface area contributed by atoms with E-state index in [2.05, 4.69) is 5.10 Å². The van der Waals surface area contributed by atoms with Gasteiger partial charge in [-0.2, -0.15) is 28.5 Å². The third kappa shape index (κ3) is 3.68. The number of amides is 1. The summed E-state index contributed by atoms with van der Waals surface area (Å²) >= 11 is 0. The summed E-state index contributed by atoms with van der Waals surface area (Å²) in [6.45, 7) is -0.768. The van der Waals surface area contributed by atoms with Gasteiger partial charge in [0.2, 0.25) is 0 Å². The smallest absolute Gasteiger partial charge is 0.438 e. The summed E-state index contributed by atoms with van der Waals surface area (Å²) in [5, 5.41) is 22.7. The molecule has 2 aromatic rings. The summed E-state index contributed by atoms with van der Waals surface area (Å²) in [7, 11) is 0. The predicted octanol–water partition coefficient (Wildman–Crippen LogP) is 2.82. The lowest BCUT2D eigenvalue weighted by atomic mass is 10.0. The van der Waals surface area contributed by atoms with E-state index in [4.69, 9.17) is 10.00 Å². The zero-order valence-electron chi connectivity index (χ0n) is 14.3. The lowest BCUT2D eigenvalue weighted by molar-refractivity contribution is -0.302. The second-order valence-electron chi connectivity index (χ2n) is 6.03. The van der Waals surface area contributed by atoms with Crippen molar-refractivity contribution in [3.8, 4) is 11.8 Å². The summed E-state index contributed by atoms with van der Waals surface area (Å²) in [6.07, 6.45) is -6.00. The molecule has 0 aromatic heterocycles. The Morgan fingerprint density at radius 3 is 2.43 bits per heavy atom. The molecule has 0 saturated heterocycles. The number of halogens is 3. The van der Waals surface area contributed by atoms with Crippen LogP contribution >= 0.6 is 0 Å². The maximum absolute atomic E-state index is 13.5. The van der Waals surface area contributed by atoms with Crippen LogP contribution in [0.1, 0.15) is 17.5 Å². The van der Waals surface area contributed by atoms with E-state index in [-0.39, 0.29) is 16.5 Å². The van der Waals surface area contributed by atoms with Gasteiger partial charge in [0.05, 0.1) is 23.8 Å². The van der Waals surface area contributed by atoms with Crippen LogP contribution in [0.15, 0.2) is 59.7 Å². The zero-order chi connectivity index (χ0) is 20.4. The SMILES string of the molecule is N#Cc1ccc(OCC(=O)N2N=C(c3ccccc3)C[C@@]2(O)C(F)(F)F)cc1. The van der Waals surface area contributed by atoms with Gasteiger partial charge in [-0.1, -0.05) is 30.3 Å². The van der Waals surface area contributed by atoms with Gasteiger partial charge in [0.25, 0.3) is 11.6 Å². The van der Waals surface area contributed by atoms with E-state index in [1.54, 1.807) is 18.2 Å². The van der Waals surface area contributed by atoms with Crippen LogP contribution in [-0.2, 0) is 4.79 Å². The Kier molecular flexibility index (Phi) is 5.07. The molecule has 0 saturated carbocycles. The number of rotatable bonds is 4. The summed E-state index contributed by atoms with van der Waals surface area (Å²) in [5.74, 6) is -0.968. The minimum atomic E-state index is -5.11. The molecule has 144 valence electrons. The minimum Gasteiger partial charge on any atom is -0.484 e. The third-order valence-corrected chi connectivity index (χ3v) is 4.13. The van der Waals surface area contributed by atoms with Gasteiger partial charge in [-0.15, -0.1) is 0 Å². The third-order valence-electron chi connectivity index (χ3n) is 4.13. The van der Waals surface area contributed by atoms with Crippen LogP contribution in [0.3, 0.4) is 0 Å². The van der Waals surface area contributed by atoms with E-state index in [0.29, 0.717) is 11.1 Å². The highest BCUT2D eigenvalue weighted by atomic mass is 19.4. The Bertz CT molecular complexity index is 937. The van der Waals surface area contributed by atoms with Crippen molar-refractivity contribution in [3.63, 3.8) is 0 Å². The molecule has 9 heteroatoms. The first kappa shape index (κ1) is 19.4. The molecule has 0 radical (unpaired) electrons. The van der Waals surface area contributed by atoms with Crippen molar-refractivity contribution in [2.45, 2.75) is 18.3 Å². The number of alkyl halides is 3. The molecule has 1 heterocycles. The van der Waals surface area contributed by atoms with E-state index >= 15 is 0 Å². The molecule has 0 unspecified atom stereocenters. The summed E-state index contributed by atoms with van der Waals surface area (Å²) in [6, 6.07) is 15.6. The second kappa shape index (κ2) is 7.32. The number of hydrazone groups is 1. The highest BCUT2D eigenvalue weighted by Gasteiger charge is 2.63. The van der Waals surface area contributed by atoms with E-state index in [1.165, 1.54) is 36.4 Å². The topological polar surface area (TPSA) is 85.9 Å². The van der Waals surface area contributed by atoms with Crippen molar-refractivity contribution in [2.24, 2.45) is 5.10 Å². The van der Waals surface area contributed by atoms with E-state index in [1.807, 2.05) is 6.07 Å². The van der Waals surface area contributed by atoms with Crippen LogP contribution in [0.4, 0.5) is 13.2 Å². The van der Waals surface area contributed by atoms with Crippen molar-refractivity contribution in [3.05, 3.63) is 65.7 Å². The average molecular weight is 389 g/mol. The number of benzene rings is 2. The molecule has 0 spiro atoms. The fraction of sp³-hybridized carbons (Fsp3) is 0.211. The Hall–Kier alpha value is -3.38. The van der Waals surface area contributed by atoms with Crippen molar-refractivity contribution >= 4 is 11.6 Å². The fourth-order valence-corrected chi connectivity index (χ4v) is 2.65. The van der Waals surface area contributed by atoms with Gasteiger partial charge in [-0.3, -0.25) is 4.79 Å². The Morgan fingerprint density at radius 2 is 1.86 bits per heavy atom. The van der Waals surface area contributed by atoms with Crippen LogP contribution in [0.5, 0.6) is 5.75 Å². The molecule has 3 rings (SSSR count). The van der Waals surface area contributed by atoms with Gasteiger partial charge in [0.1, 0.15) is 5.75 Å². The van der Waals surface area contributed by atoms with Gasteiger partial charge in [0.15, 0.2) is 6.61 Å². The molecule has 6 nitrogen and oxygen atoms in total. The number of nitrogens with zero attached hydrogens (tertiary/aromatic N) is 3. The maximum atomic E-state index is 13.5. The average Bonchev–Trinajstić information content (AvgIpc) is 3.06. The van der Waals surface area contributed by atoms with Crippen molar-refractivity contribution in [1.82, 2.24) is 5.01 Å². The van der Waals surface area contributed by atoms with Crippen molar-refractivity contribution < 1.29 is 27.8 Å². The quantitative estimate of drug-likeness (QED) is 0.871. The number of carbonyl (C=O) groups is 1. The number of hydrogen-bond acceptors (Lipinski definition) is 5. The van der Waals surface area contributed by atoms with Crippen LogP contribution in [0.25, 0.3) is 0 Å². The van der Waals surface area contributed by atoms with E-state index in [0.717, 1.165) is 0 Å². The van der Waals surface area contributed by atoms with Crippen LogP contribution in [0, 0.1) is 11.3 Å². The van der Waals surface area contributed by atoms with Gasteiger partial charge in [-0.25, -0.2) is 0 Å². The standard InChI is InChI=1S/C19H14F3N3O3/c20-19(21,22)18(27)10-16(14-4-2-1-3-5-14)24-25(18)17(26)12-28-15-8-6-13(11-23)7-9-15/h1-9,27H,10,12H2/t18-/m1/s1. The van der Waals surface area contributed by atoms with Crippen LogP contribution in [0.2, 0.25) is 0 Å². The predicted molar refractivity (Wildman–Crippen MR) is 92.1 cm³/mol. The van der Waals surface area contributed by atoms with Crippen LogP contribution in [-0.4, -0.2) is 40.2 Å². The largest absolute Gasteiger partial charge is 0.484 e. The molecule has 0 bridgehead atoms. The molecule has 1 aliphatic heterocycles. The van der Waals surface area contributed by atoms with Crippen molar-refractivity contribution in [1.29, 1.82) is 5.26 Å². The lowest BCUT2D eigenvalue weighted by Crippen LogP contribution is -2.57. The Balaban J connectivity index is 1.81. The van der Waals surface area contributed by atoms with Gasteiger partial charge < -0.3 is 9.84 Å². The van der Waals surface area contributed by atoms with Gasteiger partial charge >= 0.3 is 6.18 Å². The maximum Gasteiger partial charge on any atom is 0.438 e. The first-order chi connectivity index (χ1) is 13.2. The van der Waals surface area contributed by atoms with Crippen molar-refractivity contribution in [2.75, 3.05) is 6.61 Å². The van der Waals surface area contributed by atoms with E-state index in [9.17, 15) is 23.1 Å². The molecule has 1 N–H and O–H groups in total. The minimum absolute atomic E-state index is 0.0268. The van der Waals surface area contributed by atoms with Crippen LogP contribution < -0.4 is 4.74 Å². The molecule has 1 atom stereocenters. The molecular weight excluding hydrogens is 375 g/mol. The number of nitriles is 1. The molecule has 28 heavy (non-hydrogen) atoms. The molecular formula is C19H14F3N3O3. The summed E-state index contributed by atoms with van der Waals surface area (Å²) in [4.78, 5) is 12.4. The fourth-order valence-electron chi connectivity index (χ4n) is 2.65. The normalized spacial score (nSPS) is 19.1. The summed E-state index contributed by atoms with van der Waals surface area (Å²) < 4.78 is 45.7. The second-order valence-corrected chi connectivity index (χ2v) is 6.03. The van der Waals surface area contributed by atoms with Gasteiger partial charge in [-0.05, 0) is 29.8 Å². The lowest BCUT2D eigenvalue weighted by Gasteiger charge is -2.32. The zero-order valence-corrected chi connectivity index (χ0v) is 14.3. The van der Waals surface area contributed by atoms with E-state index < -0.39 is 30.8 Å². The molecule has 2 aromatic carbocycles. The number of aliphatic hydroxyl groups is 1. The number of carbonyl (C=O) groups excluding carboxylic acids is 1. The summed E-state index contributed by atoms with van der Waals surface area (Å²) in [5.41, 5.74) is -2.79. The number of ether oxygens (including phenoxy) is 1. The molecule has 0 aliphatic carbocycles. The first-order valence-corrected chi connectivity index (χ1v) is 8.12. The first-order valence-electron chi connectivity index (χ1n) is 8.12. The molecule has 1 aliphatic rings. The number of hydrogen-bond donors (Lipinski definition) is 1. The Labute approximate surface area is 158 Å². The van der Waals surface area contributed by atoms with Gasteiger partial charge in [0, 0.05) is 0 Å². The molecule has 0 fully saturated rings. The molecule has 1 amide bonds. The highest BCUT2D eigenvalue weighted by molar-refractivity contribution is 6.03. The Morgan fingerprint density at radius 1 is 1.21 bits per heavy atom.